The van der Waals surface area contributed by atoms with Gasteiger partial charge in [-0.15, -0.1) is 13.2 Å². The van der Waals surface area contributed by atoms with E-state index in [1.807, 2.05) is 0 Å². The third kappa shape index (κ3) is 9.49. The van der Waals surface area contributed by atoms with Crippen LogP contribution in [0.25, 0.3) is 11.3 Å². The Morgan fingerprint density at radius 2 is 1.90 bits per heavy atom. The molecule has 2 aromatic rings. The molecule has 2 unspecified atom stereocenters. The van der Waals surface area contributed by atoms with Crippen LogP contribution in [0.2, 0.25) is 25.7 Å². The van der Waals surface area contributed by atoms with Crippen molar-refractivity contribution >= 4 is 37.4 Å². The summed E-state index contributed by atoms with van der Waals surface area (Å²) in [7, 11) is -0.0335. The van der Waals surface area contributed by atoms with E-state index in [-0.39, 0.29) is 19.2 Å². The maximum absolute atomic E-state index is 12.9. The molecule has 0 spiro atoms. The molecule has 0 aliphatic rings. The van der Waals surface area contributed by atoms with Gasteiger partial charge in [-0.05, 0) is 37.6 Å². The summed E-state index contributed by atoms with van der Waals surface area (Å²) in [5, 5.41) is 5.51. The lowest BCUT2D eigenvalue weighted by molar-refractivity contribution is -0.145. The van der Waals surface area contributed by atoms with Gasteiger partial charge in [-0.3, -0.25) is 14.9 Å². The minimum Gasteiger partial charge on any atom is -0.465 e. The van der Waals surface area contributed by atoms with Gasteiger partial charge in [0.15, 0.2) is 0 Å². The Labute approximate surface area is 237 Å². The van der Waals surface area contributed by atoms with E-state index in [4.69, 9.17) is 19.2 Å². The Balaban J connectivity index is 2.59. The quantitative estimate of drug-likeness (QED) is 0.116. The average molecular weight is 571 g/mol. The topological polar surface area (TPSA) is 121 Å². The zero-order chi connectivity index (χ0) is 29.9. The van der Waals surface area contributed by atoms with Crippen LogP contribution in [-0.4, -0.2) is 55.9 Å². The van der Waals surface area contributed by atoms with Gasteiger partial charge in [-0.1, -0.05) is 38.7 Å². The van der Waals surface area contributed by atoms with Gasteiger partial charge in [0.25, 0.3) is 0 Å². The number of esters is 1. The zero-order valence-electron chi connectivity index (χ0n) is 24.4. The van der Waals surface area contributed by atoms with E-state index in [0.29, 0.717) is 41.5 Å². The molecule has 0 saturated carbocycles. The van der Waals surface area contributed by atoms with E-state index in [9.17, 15) is 14.4 Å². The summed E-state index contributed by atoms with van der Waals surface area (Å²) in [5.74, 6) is -1.37. The molecular formula is C29H42N4O6Si. The molecule has 10 nitrogen and oxygen atoms in total. The average Bonchev–Trinajstić information content (AvgIpc) is 3.32. The lowest BCUT2D eigenvalue weighted by Gasteiger charge is -2.18. The van der Waals surface area contributed by atoms with Gasteiger partial charge in [-0.2, -0.15) is 0 Å². The number of nitrogens with one attached hydrogen (secondary N) is 2. The smallest absolute Gasteiger partial charge is 0.411 e. The zero-order valence-corrected chi connectivity index (χ0v) is 25.4. The molecule has 0 saturated heterocycles. The highest BCUT2D eigenvalue weighted by atomic mass is 28.3. The van der Waals surface area contributed by atoms with Crippen LogP contribution in [-0.2, 0) is 30.5 Å². The van der Waals surface area contributed by atoms with Crippen molar-refractivity contribution in [2.75, 3.05) is 31.0 Å². The Bertz CT molecular complexity index is 1200. The normalized spacial score (nSPS) is 12.7. The van der Waals surface area contributed by atoms with Crippen molar-refractivity contribution in [1.29, 1.82) is 0 Å². The summed E-state index contributed by atoms with van der Waals surface area (Å²) in [6.45, 7) is 18.8. The molecule has 2 atom stereocenters. The molecule has 0 aliphatic heterocycles. The standard InChI is InChI=1S/C29H42N4O6Si/c1-9-12-23(28(35)39-11-3)26-31-25(18-33(26)19-38-15-16-40(6,7)8)22-14-13-21(30-29(36)37-5)17-24(22)32-27(34)20(4)10-2/h9-10,13-14,17-18,20,23H,1-2,11-12,15-16,19H2,3-8H3,(H,30,36)(H,32,34). The number of methoxy groups -OCH3 is 1. The molecule has 2 rings (SSSR count). The van der Waals surface area contributed by atoms with Gasteiger partial charge in [0.1, 0.15) is 18.5 Å². The van der Waals surface area contributed by atoms with Crippen molar-refractivity contribution < 1.29 is 28.6 Å². The second-order valence-corrected chi connectivity index (χ2v) is 16.1. The van der Waals surface area contributed by atoms with Crippen LogP contribution in [0.3, 0.4) is 0 Å². The van der Waals surface area contributed by atoms with Crippen LogP contribution >= 0.6 is 0 Å². The predicted molar refractivity (Wildman–Crippen MR) is 160 cm³/mol. The number of carbonyl (C=O) groups is 3. The number of benzene rings is 1. The van der Waals surface area contributed by atoms with Crippen LogP contribution < -0.4 is 10.6 Å². The van der Waals surface area contributed by atoms with Gasteiger partial charge in [0.2, 0.25) is 5.91 Å². The largest absolute Gasteiger partial charge is 0.465 e. The van der Waals surface area contributed by atoms with Crippen molar-refractivity contribution in [3.8, 4) is 11.3 Å². The number of hydrogen-bond donors (Lipinski definition) is 2. The number of ether oxygens (including phenoxy) is 3. The monoisotopic (exact) mass is 570 g/mol. The molecule has 0 fully saturated rings. The van der Waals surface area contributed by atoms with Gasteiger partial charge in [-0.25, -0.2) is 9.78 Å². The fourth-order valence-corrected chi connectivity index (χ4v) is 4.43. The summed E-state index contributed by atoms with van der Waals surface area (Å²) in [5.41, 5.74) is 1.93. The van der Waals surface area contributed by atoms with Gasteiger partial charge in [0.05, 0.1) is 31.0 Å². The molecule has 1 aromatic carbocycles. The Morgan fingerprint density at radius 1 is 1.18 bits per heavy atom. The Morgan fingerprint density at radius 3 is 2.50 bits per heavy atom. The van der Waals surface area contributed by atoms with E-state index < -0.39 is 32.0 Å². The Kier molecular flexibility index (Phi) is 12.3. The first-order valence-corrected chi connectivity index (χ1v) is 17.0. The molecule has 40 heavy (non-hydrogen) atoms. The van der Waals surface area contributed by atoms with Crippen LogP contribution in [0.4, 0.5) is 16.2 Å². The highest BCUT2D eigenvalue weighted by Crippen LogP contribution is 2.33. The molecule has 1 aromatic heterocycles. The molecule has 1 heterocycles. The number of carbonyl (C=O) groups excluding carboxylic acids is 3. The summed E-state index contributed by atoms with van der Waals surface area (Å²) >= 11 is 0. The second-order valence-electron chi connectivity index (χ2n) is 10.5. The van der Waals surface area contributed by atoms with E-state index in [2.05, 4.69) is 43.4 Å². The minimum absolute atomic E-state index is 0.191. The maximum Gasteiger partial charge on any atom is 0.411 e. The SMILES string of the molecule is C=CCC(C(=O)OCC)c1nc(-c2ccc(NC(=O)OC)cc2NC(=O)C(C)C=C)cn1COCC[Si](C)(C)C. The summed E-state index contributed by atoms with van der Waals surface area (Å²) in [6.07, 6.45) is 4.66. The molecule has 2 N–H and O–H groups in total. The first-order valence-electron chi connectivity index (χ1n) is 13.3. The number of nitrogens with zero attached hydrogens (tertiary/aromatic N) is 2. The van der Waals surface area contributed by atoms with E-state index >= 15 is 0 Å². The maximum atomic E-state index is 12.9. The van der Waals surface area contributed by atoms with Crippen molar-refractivity contribution in [3.05, 3.63) is 55.5 Å². The van der Waals surface area contributed by atoms with Gasteiger partial charge in [0, 0.05) is 32.1 Å². The molecule has 0 bridgehead atoms. The highest BCUT2D eigenvalue weighted by molar-refractivity contribution is 6.76. The lowest BCUT2D eigenvalue weighted by Crippen LogP contribution is -2.23. The number of rotatable bonds is 15. The van der Waals surface area contributed by atoms with Gasteiger partial charge < -0.3 is 24.1 Å². The van der Waals surface area contributed by atoms with Crippen LogP contribution in [0.1, 0.15) is 32.0 Å². The van der Waals surface area contributed by atoms with Crippen molar-refractivity contribution in [2.24, 2.45) is 5.92 Å². The third-order valence-corrected chi connectivity index (χ3v) is 7.78. The molecular weight excluding hydrogens is 528 g/mol. The molecule has 2 amide bonds. The third-order valence-electron chi connectivity index (χ3n) is 6.07. The second kappa shape index (κ2) is 15.2. The molecule has 0 radical (unpaired) electrons. The number of hydrogen-bond acceptors (Lipinski definition) is 7. The Hall–Kier alpha value is -3.70. The fraction of sp³-hybridized carbons (Fsp3) is 0.448. The fourth-order valence-electron chi connectivity index (χ4n) is 3.67. The van der Waals surface area contributed by atoms with E-state index in [1.54, 1.807) is 48.9 Å². The number of imidazole rings is 1. The van der Waals surface area contributed by atoms with E-state index in [1.165, 1.54) is 13.2 Å². The minimum atomic E-state index is -1.30. The summed E-state index contributed by atoms with van der Waals surface area (Å²) in [6, 6.07) is 6.02. The van der Waals surface area contributed by atoms with Gasteiger partial charge >= 0.3 is 12.1 Å². The van der Waals surface area contributed by atoms with Crippen LogP contribution in [0.15, 0.2) is 49.7 Å². The summed E-state index contributed by atoms with van der Waals surface area (Å²) in [4.78, 5) is 42.3. The number of anilines is 2. The summed E-state index contributed by atoms with van der Waals surface area (Å²) < 4.78 is 17.8. The predicted octanol–water partition coefficient (Wildman–Crippen LogP) is 6.02. The lowest BCUT2D eigenvalue weighted by atomic mass is 10.0. The van der Waals surface area contributed by atoms with Crippen molar-refractivity contribution in [1.82, 2.24) is 9.55 Å². The highest BCUT2D eigenvalue weighted by Gasteiger charge is 2.28. The van der Waals surface area contributed by atoms with Crippen LogP contribution in [0.5, 0.6) is 0 Å². The molecule has 0 aliphatic carbocycles. The number of amides is 2. The number of aromatic nitrogens is 2. The molecule has 11 heteroatoms. The first-order chi connectivity index (χ1) is 18.9. The van der Waals surface area contributed by atoms with Crippen molar-refractivity contribution in [2.45, 2.75) is 58.6 Å². The number of allylic oxidation sites excluding steroid dienone is 1. The molecule has 218 valence electrons. The van der Waals surface area contributed by atoms with Crippen LogP contribution in [0, 0.1) is 5.92 Å². The van der Waals surface area contributed by atoms with E-state index in [0.717, 1.165) is 6.04 Å². The van der Waals surface area contributed by atoms with Crippen molar-refractivity contribution in [3.63, 3.8) is 0 Å². The first kappa shape index (κ1) is 32.5.